The zero-order chi connectivity index (χ0) is 15.2. The number of nitrogens with one attached hydrogen (secondary N) is 1. The summed E-state index contributed by atoms with van der Waals surface area (Å²) in [7, 11) is 0. The zero-order valence-electron chi connectivity index (χ0n) is 10.9. The molecule has 2 heterocycles. The van der Waals surface area contributed by atoms with E-state index in [2.05, 4.69) is 31.2 Å². The molecule has 0 radical (unpaired) electrons. The van der Waals surface area contributed by atoms with E-state index in [0.717, 1.165) is 5.69 Å². The molecule has 2 rings (SSSR count). The predicted molar refractivity (Wildman–Crippen MR) is 82.6 cm³/mol. The van der Waals surface area contributed by atoms with Gasteiger partial charge in [0.15, 0.2) is 5.13 Å². The van der Waals surface area contributed by atoms with Crippen molar-refractivity contribution >= 4 is 44.3 Å². The molecule has 8 heteroatoms. The molecule has 1 amide bonds. The molecule has 2 aromatic rings. The van der Waals surface area contributed by atoms with Crippen molar-refractivity contribution in [2.75, 3.05) is 5.32 Å². The minimum absolute atomic E-state index is 0.115. The van der Waals surface area contributed by atoms with E-state index in [1.54, 1.807) is 12.1 Å². The van der Waals surface area contributed by atoms with Gasteiger partial charge in [-0.1, -0.05) is 0 Å². The van der Waals surface area contributed by atoms with Gasteiger partial charge in [-0.15, -0.1) is 11.3 Å². The van der Waals surface area contributed by atoms with Crippen LogP contribution in [0.1, 0.15) is 28.9 Å². The fraction of sp³-hybridized carbons (Fsp3) is 0.231. The van der Waals surface area contributed by atoms with Gasteiger partial charge in [0.05, 0.1) is 5.69 Å². The molecule has 0 unspecified atom stereocenters. The Balaban J connectivity index is 1.93. The molecule has 0 bridgehead atoms. The van der Waals surface area contributed by atoms with Gasteiger partial charge in [-0.3, -0.25) is 14.9 Å². The first-order valence-electron chi connectivity index (χ1n) is 6.13. The van der Waals surface area contributed by atoms with Gasteiger partial charge in [0, 0.05) is 23.6 Å². The Morgan fingerprint density at radius 3 is 2.95 bits per heavy atom. The fourth-order valence-corrected chi connectivity index (χ4v) is 2.72. The first-order chi connectivity index (χ1) is 10.0. The van der Waals surface area contributed by atoms with Crippen LogP contribution in [0, 0.1) is 0 Å². The van der Waals surface area contributed by atoms with E-state index in [9.17, 15) is 9.59 Å². The number of rotatable bonds is 6. The topological polar surface area (TPSA) is 92.2 Å². The van der Waals surface area contributed by atoms with Crippen LogP contribution >= 0.6 is 27.3 Å². The Hall–Kier alpha value is -1.80. The molecule has 2 N–H and O–H groups in total. The van der Waals surface area contributed by atoms with E-state index >= 15 is 0 Å². The Kier molecular flexibility index (Phi) is 5.40. The van der Waals surface area contributed by atoms with Crippen LogP contribution in [0.2, 0.25) is 0 Å². The van der Waals surface area contributed by atoms with Crippen molar-refractivity contribution in [1.29, 1.82) is 0 Å². The number of carbonyl (C=O) groups is 2. The lowest BCUT2D eigenvalue weighted by atomic mass is 10.2. The minimum Gasteiger partial charge on any atom is -0.481 e. The number of pyridine rings is 1. The van der Waals surface area contributed by atoms with Gasteiger partial charge in [0.25, 0.3) is 5.91 Å². The molecular weight excluding hydrogens is 358 g/mol. The van der Waals surface area contributed by atoms with E-state index in [4.69, 9.17) is 5.11 Å². The van der Waals surface area contributed by atoms with Crippen molar-refractivity contribution in [3.8, 4) is 0 Å². The van der Waals surface area contributed by atoms with Gasteiger partial charge in [-0.2, -0.15) is 0 Å². The van der Waals surface area contributed by atoms with Crippen molar-refractivity contribution in [1.82, 2.24) is 9.97 Å². The molecule has 6 nitrogen and oxygen atoms in total. The molecule has 0 spiro atoms. The number of carboxylic acid groups (broad SMARTS) is 1. The number of hydrogen-bond donors (Lipinski definition) is 2. The summed E-state index contributed by atoms with van der Waals surface area (Å²) < 4.78 is 0.587. The smallest absolute Gasteiger partial charge is 0.303 e. The average Bonchev–Trinajstić information content (AvgIpc) is 2.86. The van der Waals surface area contributed by atoms with Crippen LogP contribution in [0.5, 0.6) is 0 Å². The normalized spacial score (nSPS) is 10.3. The lowest BCUT2D eigenvalue weighted by Gasteiger charge is -2.01. The third-order valence-corrected chi connectivity index (χ3v) is 3.82. The van der Waals surface area contributed by atoms with Crippen molar-refractivity contribution < 1.29 is 14.7 Å². The van der Waals surface area contributed by atoms with Crippen LogP contribution in [0.25, 0.3) is 0 Å². The van der Waals surface area contributed by atoms with Crippen LogP contribution < -0.4 is 5.32 Å². The summed E-state index contributed by atoms with van der Waals surface area (Å²) in [5.41, 5.74) is 1.27. The summed E-state index contributed by atoms with van der Waals surface area (Å²) in [5.74, 6) is -1.08. The summed E-state index contributed by atoms with van der Waals surface area (Å²) in [5, 5.41) is 13.6. The largest absolute Gasteiger partial charge is 0.481 e. The van der Waals surface area contributed by atoms with Crippen molar-refractivity contribution in [3.05, 3.63) is 39.6 Å². The first-order valence-corrected chi connectivity index (χ1v) is 7.81. The van der Waals surface area contributed by atoms with Crippen LogP contribution in [0.3, 0.4) is 0 Å². The number of anilines is 1. The first kappa shape index (κ1) is 15.6. The van der Waals surface area contributed by atoms with Gasteiger partial charge in [0.2, 0.25) is 0 Å². The summed E-state index contributed by atoms with van der Waals surface area (Å²) in [4.78, 5) is 30.7. The van der Waals surface area contributed by atoms with E-state index in [-0.39, 0.29) is 12.3 Å². The number of carboxylic acids is 1. The molecule has 0 aliphatic rings. The highest BCUT2D eigenvalue weighted by atomic mass is 79.9. The predicted octanol–water partition coefficient (Wildman–Crippen LogP) is 2.96. The van der Waals surface area contributed by atoms with Crippen LogP contribution in [0.4, 0.5) is 5.13 Å². The van der Waals surface area contributed by atoms with Gasteiger partial charge < -0.3 is 5.11 Å². The molecule has 0 saturated heterocycles. The Labute approximate surface area is 133 Å². The lowest BCUT2D eigenvalue weighted by Crippen LogP contribution is -2.11. The maximum atomic E-state index is 12.0. The van der Waals surface area contributed by atoms with Crippen molar-refractivity contribution in [2.45, 2.75) is 19.3 Å². The van der Waals surface area contributed by atoms with Crippen LogP contribution in [-0.4, -0.2) is 27.0 Å². The molecule has 21 heavy (non-hydrogen) atoms. The second-order valence-corrected chi connectivity index (χ2v) is 5.88. The summed E-state index contributed by atoms with van der Waals surface area (Å²) in [6.07, 6.45) is 2.77. The minimum atomic E-state index is -0.818. The second kappa shape index (κ2) is 7.28. The van der Waals surface area contributed by atoms with Gasteiger partial charge >= 0.3 is 5.97 Å². The maximum absolute atomic E-state index is 12.0. The number of halogens is 1. The highest BCUT2D eigenvalue weighted by Crippen LogP contribution is 2.18. The number of nitrogens with zero attached hydrogens (tertiary/aromatic N) is 2. The number of thiazole rings is 1. The number of aliphatic carboxylic acids is 1. The Bertz CT molecular complexity index is 660. The molecule has 0 atom stereocenters. The zero-order valence-corrected chi connectivity index (χ0v) is 13.3. The number of amides is 1. The van der Waals surface area contributed by atoms with Crippen molar-refractivity contribution in [3.63, 3.8) is 0 Å². The number of aromatic nitrogens is 2. The van der Waals surface area contributed by atoms with E-state index in [1.807, 2.05) is 5.38 Å². The second-order valence-electron chi connectivity index (χ2n) is 4.21. The van der Waals surface area contributed by atoms with E-state index < -0.39 is 5.97 Å². The number of carbonyl (C=O) groups excluding carboxylic acids is 1. The molecule has 0 fully saturated rings. The number of aryl methyl sites for hydroxylation is 1. The van der Waals surface area contributed by atoms with Gasteiger partial charge in [0.1, 0.15) is 4.60 Å². The molecule has 2 aromatic heterocycles. The molecule has 0 aliphatic carbocycles. The average molecular weight is 370 g/mol. The number of hydrogen-bond acceptors (Lipinski definition) is 5. The third-order valence-electron chi connectivity index (χ3n) is 2.58. The Morgan fingerprint density at radius 2 is 2.24 bits per heavy atom. The quantitative estimate of drug-likeness (QED) is 0.763. The molecular formula is C13H12BrN3O3S. The van der Waals surface area contributed by atoms with Gasteiger partial charge in [-0.05, 0) is 40.9 Å². The van der Waals surface area contributed by atoms with Crippen molar-refractivity contribution in [2.24, 2.45) is 0 Å². The molecule has 0 aromatic carbocycles. The lowest BCUT2D eigenvalue weighted by molar-refractivity contribution is -0.137. The molecule has 0 aliphatic heterocycles. The summed E-state index contributed by atoms with van der Waals surface area (Å²) in [6.45, 7) is 0. The summed E-state index contributed by atoms with van der Waals surface area (Å²) in [6, 6.07) is 3.23. The maximum Gasteiger partial charge on any atom is 0.303 e. The van der Waals surface area contributed by atoms with E-state index in [0.29, 0.717) is 28.1 Å². The SMILES string of the molecule is O=C(O)CCCc1csc(NC(=O)c2ccnc(Br)c2)n1. The fourth-order valence-electron chi connectivity index (χ4n) is 1.61. The van der Waals surface area contributed by atoms with Crippen LogP contribution in [0.15, 0.2) is 28.3 Å². The van der Waals surface area contributed by atoms with Gasteiger partial charge in [-0.25, -0.2) is 9.97 Å². The standard InChI is InChI=1S/C13H12BrN3O3S/c14-10-6-8(4-5-15-10)12(20)17-13-16-9(7-21-13)2-1-3-11(18)19/h4-7H,1-3H2,(H,18,19)(H,16,17,20). The molecule has 110 valence electrons. The highest BCUT2D eigenvalue weighted by molar-refractivity contribution is 9.10. The van der Waals surface area contributed by atoms with Crippen LogP contribution in [-0.2, 0) is 11.2 Å². The molecule has 0 saturated carbocycles. The highest BCUT2D eigenvalue weighted by Gasteiger charge is 2.10. The third kappa shape index (κ3) is 4.91. The summed E-state index contributed by atoms with van der Waals surface area (Å²) >= 11 is 4.53. The monoisotopic (exact) mass is 369 g/mol. The Morgan fingerprint density at radius 1 is 1.43 bits per heavy atom. The van der Waals surface area contributed by atoms with E-state index in [1.165, 1.54) is 17.5 Å².